The second-order valence-corrected chi connectivity index (χ2v) is 7.88. The summed E-state index contributed by atoms with van der Waals surface area (Å²) >= 11 is 0. The molecular weight excluding hydrogens is 342 g/mol. The van der Waals surface area contributed by atoms with E-state index in [0.717, 1.165) is 12.1 Å². The molecule has 0 aromatic carbocycles. The summed E-state index contributed by atoms with van der Waals surface area (Å²) < 4.78 is 10.9. The molecule has 2 saturated heterocycles. The Hall–Kier alpha value is -1.48. The molecule has 0 amide bonds. The number of ether oxygens (including phenoxy) is 2. The minimum absolute atomic E-state index is 0.0254. The largest absolute Gasteiger partial charge is 0.459 e. The van der Waals surface area contributed by atoms with Crippen molar-refractivity contribution < 1.29 is 34.4 Å². The number of aliphatic hydroxyl groups is 3. The highest BCUT2D eigenvalue weighted by molar-refractivity contribution is 5.82. The van der Waals surface area contributed by atoms with Crippen LogP contribution in [0.2, 0.25) is 0 Å². The Morgan fingerprint density at radius 2 is 2.00 bits per heavy atom. The zero-order chi connectivity index (χ0) is 19.3. The molecule has 3 N–H and O–H groups in total. The molecule has 0 aliphatic carbocycles. The maximum atomic E-state index is 12.7. The van der Waals surface area contributed by atoms with Crippen LogP contribution >= 0.6 is 0 Å². The number of carbonyl (C=O) groups is 2. The lowest BCUT2D eigenvalue weighted by molar-refractivity contribution is -0.193. The molecule has 146 valence electrons. The van der Waals surface area contributed by atoms with E-state index in [2.05, 4.69) is 4.90 Å². The molecule has 6 atom stereocenters. The summed E-state index contributed by atoms with van der Waals surface area (Å²) in [5, 5.41) is 31.5. The van der Waals surface area contributed by atoms with Gasteiger partial charge in [0.05, 0.1) is 12.1 Å². The van der Waals surface area contributed by atoms with Gasteiger partial charge in [-0.05, 0) is 38.2 Å². The van der Waals surface area contributed by atoms with Gasteiger partial charge in [-0.15, -0.1) is 0 Å². The molecule has 0 unspecified atom stereocenters. The minimum atomic E-state index is -2.22. The molecule has 0 aromatic heterocycles. The molecular formula is C18H27NO7. The van der Waals surface area contributed by atoms with Gasteiger partial charge < -0.3 is 24.8 Å². The normalized spacial score (nSPS) is 42.8. The van der Waals surface area contributed by atoms with Crippen molar-refractivity contribution in [3.63, 3.8) is 0 Å². The predicted molar refractivity (Wildman–Crippen MR) is 89.9 cm³/mol. The Bertz CT molecular complexity index is 629. The van der Waals surface area contributed by atoms with E-state index in [9.17, 15) is 24.9 Å². The highest BCUT2D eigenvalue weighted by atomic mass is 16.6. The fraction of sp³-hybridized carbons (Fsp3) is 0.778. The van der Waals surface area contributed by atoms with Crippen LogP contribution in [0.3, 0.4) is 0 Å². The standard InChI is InChI=1S/C18H27NO7/c1-10-8-18(24,11(2)20)16(22)26-13-5-7-19-6-4-12(14(13)19)9-25-15(21)17(10,3)23/h4,10-11,13-14,20,23-24H,5-9H2,1-3H3/t10-,11-,13-,14-,17+,18+/m1/s1. The van der Waals surface area contributed by atoms with Gasteiger partial charge in [0.25, 0.3) is 0 Å². The van der Waals surface area contributed by atoms with Gasteiger partial charge in [0, 0.05) is 13.1 Å². The maximum Gasteiger partial charge on any atom is 0.341 e. The van der Waals surface area contributed by atoms with Crippen LogP contribution in [0.5, 0.6) is 0 Å². The van der Waals surface area contributed by atoms with Gasteiger partial charge in [-0.1, -0.05) is 13.0 Å². The van der Waals surface area contributed by atoms with Crippen LogP contribution < -0.4 is 0 Å². The molecule has 0 bridgehead atoms. The molecule has 3 rings (SSSR count). The van der Waals surface area contributed by atoms with E-state index in [1.807, 2.05) is 6.08 Å². The van der Waals surface area contributed by atoms with Crippen molar-refractivity contribution in [3.05, 3.63) is 11.6 Å². The van der Waals surface area contributed by atoms with Crippen molar-refractivity contribution in [2.75, 3.05) is 19.7 Å². The van der Waals surface area contributed by atoms with Crippen LogP contribution in [0.25, 0.3) is 0 Å². The number of rotatable bonds is 1. The van der Waals surface area contributed by atoms with Crippen molar-refractivity contribution in [3.8, 4) is 0 Å². The van der Waals surface area contributed by atoms with E-state index < -0.39 is 41.3 Å². The summed E-state index contributed by atoms with van der Waals surface area (Å²) in [4.78, 5) is 27.3. The van der Waals surface area contributed by atoms with Crippen molar-refractivity contribution in [2.45, 2.75) is 63.1 Å². The topological polar surface area (TPSA) is 117 Å². The third-order valence-corrected chi connectivity index (χ3v) is 6.08. The van der Waals surface area contributed by atoms with E-state index in [0.29, 0.717) is 13.0 Å². The van der Waals surface area contributed by atoms with Crippen LogP contribution in [0.15, 0.2) is 11.6 Å². The molecule has 0 spiro atoms. The van der Waals surface area contributed by atoms with E-state index in [4.69, 9.17) is 9.47 Å². The minimum Gasteiger partial charge on any atom is -0.459 e. The summed E-state index contributed by atoms with van der Waals surface area (Å²) in [5.74, 6) is -2.60. The fourth-order valence-electron chi connectivity index (χ4n) is 3.95. The Morgan fingerprint density at radius 3 is 2.65 bits per heavy atom. The molecule has 0 aromatic rings. The third kappa shape index (κ3) is 3.05. The number of carbonyl (C=O) groups excluding carboxylic acids is 2. The quantitative estimate of drug-likeness (QED) is 0.413. The molecule has 0 saturated carbocycles. The molecule has 3 heterocycles. The smallest absolute Gasteiger partial charge is 0.341 e. The molecule has 2 fully saturated rings. The lowest BCUT2D eigenvalue weighted by Crippen LogP contribution is -2.56. The number of aliphatic hydroxyl groups excluding tert-OH is 1. The predicted octanol–water partition coefficient (Wildman–Crippen LogP) is -0.642. The third-order valence-electron chi connectivity index (χ3n) is 6.08. The number of hydrogen-bond acceptors (Lipinski definition) is 8. The second kappa shape index (κ2) is 6.60. The van der Waals surface area contributed by atoms with E-state index in [-0.39, 0.29) is 19.1 Å². The summed E-state index contributed by atoms with van der Waals surface area (Å²) in [5.41, 5.74) is -3.33. The molecule has 8 nitrogen and oxygen atoms in total. The molecule has 0 radical (unpaired) electrons. The van der Waals surface area contributed by atoms with E-state index in [1.54, 1.807) is 0 Å². The molecule has 8 heteroatoms. The van der Waals surface area contributed by atoms with Gasteiger partial charge >= 0.3 is 11.9 Å². The first-order chi connectivity index (χ1) is 12.1. The molecule has 3 aliphatic heterocycles. The van der Waals surface area contributed by atoms with Crippen molar-refractivity contribution in [1.82, 2.24) is 4.90 Å². The van der Waals surface area contributed by atoms with Gasteiger partial charge in [-0.2, -0.15) is 0 Å². The van der Waals surface area contributed by atoms with E-state index in [1.165, 1.54) is 20.8 Å². The number of hydrogen-bond donors (Lipinski definition) is 3. The highest BCUT2D eigenvalue weighted by Crippen LogP contribution is 2.36. The van der Waals surface area contributed by atoms with Crippen molar-refractivity contribution in [2.24, 2.45) is 5.92 Å². The number of cyclic esters (lactones) is 1. The van der Waals surface area contributed by atoms with Gasteiger partial charge in [-0.25, -0.2) is 9.59 Å². The zero-order valence-corrected chi connectivity index (χ0v) is 15.3. The Morgan fingerprint density at radius 1 is 1.31 bits per heavy atom. The first kappa shape index (κ1) is 19.3. The number of nitrogens with zero attached hydrogens (tertiary/aromatic N) is 1. The SMILES string of the molecule is C[C@@H]1C[C@](O)([C@@H](C)O)C(=O)O[C@@H]2CCN3CC=C(COC(=O)[C@@]1(C)O)[C@H]23. The summed E-state index contributed by atoms with van der Waals surface area (Å²) in [7, 11) is 0. The Kier molecular flexibility index (Phi) is 4.89. The molecule has 3 aliphatic rings. The first-order valence-corrected chi connectivity index (χ1v) is 9.01. The van der Waals surface area contributed by atoms with Crippen LogP contribution in [0.1, 0.15) is 33.6 Å². The average Bonchev–Trinajstić information content (AvgIpc) is 3.14. The lowest BCUT2D eigenvalue weighted by atomic mass is 9.79. The summed E-state index contributed by atoms with van der Waals surface area (Å²) in [6.45, 7) is 5.50. The van der Waals surface area contributed by atoms with Crippen molar-refractivity contribution in [1.29, 1.82) is 0 Å². The highest BCUT2D eigenvalue weighted by Gasteiger charge is 2.52. The monoisotopic (exact) mass is 369 g/mol. The van der Waals surface area contributed by atoms with Gasteiger partial charge in [0.15, 0.2) is 11.2 Å². The summed E-state index contributed by atoms with van der Waals surface area (Å²) in [6.07, 6.45) is 0.293. The lowest BCUT2D eigenvalue weighted by Gasteiger charge is -2.37. The van der Waals surface area contributed by atoms with Crippen LogP contribution in [0.4, 0.5) is 0 Å². The first-order valence-electron chi connectivity index (χ1n) is 9.01. The maximum absolute atomic E-state index is 12.7. The van der Waals surface area contributed by atoms with Gasteiger partial charge in [0.1, 0.15) is 12.7 Å². The summed E-state index contributed by atoms with van der Waals surface area (Å²) in [6, 6.07) is -0.216. The fourth-order valence-corrected chi connectivity index (χ4v) is 3.95. The zero-order valence-electron chi connectivity index (χ0n) is 15.3. The van der Waals surface area contributed by atoms with Crippen molar-refractivity contribution >= 4 is 11.9 Å². The van der Waals surface area contributed by atoms with Gasteiger partial charge in [0.2, 0.25) is 0 Å². The van der Waals surface area contributed by atoms with E-state index >= 15 is 0 Å². The van der Waals surface area contributed by atoms with Crippen LogP contribution in [-0.2, 0) is 19.1 Å². The van der Waals surface area contributed by atoms with Crippen LogP contribution in [-0.4, -0.2) is 81.3 Å². The Labute approximate surface area is 152 Å². The van der Waals surface area contributed by atoms with Crippen LogP contribution in [0, 0.1) is 5.92 Å². The Balaban J connectivity index is 1.97. The second-order valence-electron chi connectivity index (χ2n) is 7.88. The number of esters is 2. The van der Waals surface area contributed by atoms with Gasteiger partial charge in [-0.3, -0.25) is 4.90 Å². The molecule has 26 heavy (non-hydrogen) atoms. The average molecular weight is 369 g/mol.